The number of hydrogen-bond donors (Lipinski definition) is 1. The second kappa shape index (κ2) is 6.05. The van der Waals surface area contributed by atoms with Gasteiger partial charge in [-0.3, -0.25) is 4.90 Å². The second-order valence-electron chi connectivity index (χ2n) is 4.56. The molecule has 17 heavy (non-hydrogen) atoms. The number of halogens is 2. The molecule has 1 heterocycles. The first-order valence-electron chi connectivity index (χ1n) is 6.09. The average molecular weight is 273 g/mol. The second-order valence-corrected chi connectivity index (χ2v) is 5.37. The lowest BCUT2D eigenvalue weighted by Gasteiger charge is -2.35. The maximum atomic E-state index is 6.20. The molecular weight excluding hydrogens is 255 g/mol. The summed E-state index contributed by atoms with van der Waals surface area (Å²) < 4.78 is 0. The zero-order valence-electron chi connectivity index (χ0n) is 9.83. The molecule has 1 saturated heterocycles. The lowest BCUT2D eigenvalue weighted by atomic mass is 10.0. The van der Waals surface area contributed by atoms with Crippen molar-refractivity contribution in [1.29, 1.82) is 0 Å². The molecule has 0 unspecified atom stereocenters. The third-order valence-corrected chi connectivity index (χ3v) is 4.15. The summed E-state index contributed by atoms with van der Waals surface area (Å²) in [5, 5.41) is 1.50. The fraction of sp³-hybridized carbons (Fsp3) is 0.538. The van der Waals surface area contributed by atoms with Gasteiger partial charge in [-0.1, -0.05) is 35.7 Å². The van der Waals surface area contributed by atoms with Crippen LogP contribution in [-0.4, -0.2) is 24.0 Å². The molecule has 0 aromatic heterocycles. The van der Waals surface area contributed by atoms with Crippen molar-refractivity contribution in [2.45, 2.75) is 31.8 Å². The van der Waals surface area contributed by atoms with Crippen LogP contribution in [-0.2, 0) is 6.54 Å². The van der Waals surface area contributed by atoms with E-state index in [0.717, 1.165) is 28.7 Å². The van der Waals surface area contributed by atoms with Crippen molar-refractivity contribution in [2.75, 3.05) is 13.1 Å². The first-order chi connectivity index (χ1) is 8.22. The molecule has 1 aliphatic heterocycles. The Kier molecular flexibility index (Phi) is 4.69. The standard InChI is InChI=1S/C13H18Cl2N2/c14-12-5-3-6-13(15)11(12)9-17-7-2-1-4-10(17)8-16/h3,5-6,10H,1-2,4,7-9,16H2/t10-/m1/s1. The lowest BCUT2D eigenvalue weighted by molar-refractivity contribution is 0.145. The number of hydrogen-bond acceptors (Lipinski definition) is 2. The molecule has 0 aliphatic carbocycles. The van der Waals surface area contributed by atoms with Gasteiger partial charge < -0.3 is 5.73 Å². The Morgan fingerprint density at radius 3 is 2.59 bits per heavy atom. The number of rotatable bonds is 3. The summed E-state index contributed by atoms with van der Waals surface area (Å²) in [6.07, 6.45) is 3.69. The minimum Gasteiger partial charge on any atom is -0.329 e. The molecule has 1 aromatic carbocycles. The molecule has 4 heteroatoms. The number of nitrogens with zero attached hydrogens (tertiary/aromatic N) is 1. The number of piperidine rings is 1. The first kappa shape index (κ1) is 13.2. The molecule has 2 rings (SSSR count). The zero-order valence-corrected chi connectivity index (χ0v) is 11.3. The fourth-order valence-electron chi connectivity index (χ4n) is 2.42. The van der Waals surface area contributed by atoms with E-state index in [9.17, 15) is 0 Å². The lowest BCUT2D eigenvalue weighted by Crippen LogP contribution is -2.43. The maximum absolute atomic E-state index is 6.20. The Balaban J connectivity index is 2.13. The van der Waals surface area contributed by atoms with Crippen molar-refractivity contribution in [1.82, 2.24) is 4.90 Å². The Bertz CT molecular complexity index is 361. The van der Waals surface area contributed by atoms with Crippen molar-refractivity contribution in [3.8, 4) is 0 Å². The molecule has 1 fully saturated rings. The van der Waals surface area contributed by atoms with Crippen molar-refractivity contribution in [3.63, 3.8) is 0 Å². The molecule has 0 amide bonds. The fourth-order valence-corrected chi connectivity index (χ4v) is 2.94. The van der Waals surface area contributed by atoms with Gasteiger partial charge in [0.05, 0.1) is 0 Å². The molecule has 0 spiro atoms. The minimum atomic E-state index is 0.469. The molecule has 0 bridgehead atoms. The minimum absolute atomic E-state index is 0.469. The highest BCUT2D eigenvalue weighted by Crippen LogP contribution is 2.28. The van der Waals surface area contributed by atoms with Gasteiger partial charge in [0, 0.05) is 34.7 Å². The average Bonchev–Trinajstić information content (AvgIpc) is 2.34. The van der Waals surface area contributed by atoms with Crippen molar-refractivity contribution < 1.29 is 0 Å². The van der Waals surface area contributed by atoms with Crippen LogP contribution in [0.4, 0.5) is 0 Å². The summed E-state index contributed by atoms with van der Waals surface area (Å²) >= 11 is 12.4. The van der Waals surface area contributed by atoms with E-state index in [1.165, 1.54) is 19.3 Å². The third kappa shape index (κ3) is 3.14. The van der Waals surface area contributed by atoms with E-state index in [2.05, 4.69) is 4.90 Å². The van der Waals surface area contributed by atoms with Crippen LogP contribution in [0, 0.1) is 0 Å². The number of benzene rings is 1. The summed E-state index contributed by atoms with van der Waals surface area (Å²) in [7, 11) is 0. The smallest absolute Gasteiger partial charge is 0.0465 e. The van der Waals surface area contributed by atoms with Crippen LogP contribution in [0.5, 0.6) is 0 Å². The predicted octanol–water partition coefficient (Wildman–Crippen LogP) is 3.31. The van der Waals surface area contributed by atoms with E-state index in [-0.39, 0.29) is 0 Å². The Morgan fingerprint density at radius 1 is 1.24 bits per heavy atom. The Labute approximate surface area is 113 Å². The number of nitrogens with two attached hydrogens (primary N) is 1. The molecule has 94 valence electrons. The first-order valence-corrected chi connectivity index (χ1v) is 6.85. The summed E-state index contributed by atoms with van der Waals surface area (Å²) in [6.45, 7) is 2.60. The van der Waals surface area contributed by atoms with Crippen molar-refractivity contribution >= 4 is 23.2 Å². The summed E-state index contributed by atoms with van der Waals surface area (Å²) in [4.78, 5) is 2.40. The van der Waals surface area contributed by atoms with E-state index >= 15 is 0 Å². The van der Waals surface area contributed by atoms with Crippen LogP contribution >= 0.6 is 23.2 Å². The molecule has 1 aliphatic rings. The van der Waals surface area contributed by atoms with Crippen molar-refractivity contribution in [2.24, 2.45) is 5.73 Å². The topological polar surface area (TPSA) is 29.3 Å². The molecule has 0 saturated carbocycles. The van der Waals surface area contributed by atoms with Crippen LogP contribution in [0.3, 0.4) is 0 Å². The van der Waals surface area contributed by atoms with Gasteiger partial charge in [-0.2, -0.15) is 0 Å². The Morgan fingerprint density at radius 2 is 1.94 bits per heavy atom. The van der Waals surface area contributed by atoms with Crippen LogP contribution < -0.4 is 5.73 Å². The Hall–Kier alpha value is -0.280. The zero-order chi connectivity index (χ0) is 12.3. The highest BCUT2D eigenvalue weighted by molar-refractivity contribution is 6.35. The van der Waals surface area contributed by atoms with E-state index in [4.69, 9.17) is 28.9 Å². The highest BCUT2D eigenvalue weighted by Gasteiger charge is 2.22. The van der Waals surface area contributed by atoms with E-state index in [1.54, 1.807) is 0 Å². The largest absolute Gasteiger partial charge is 0.329 e. The van der Waals surface area contributed by atoms with Gasteiger partial charge in [0.25, 0.3) is 0 Å². The van der Waals surface area contributed by atoms with Crippen LogP contribution in [0.1, 0.15) is 24.8 Å². The van der Waals surface area contributed by atoms with E-state index in [0.29, 0.717) is 12.6 Å². The highest BCUT2D eigenvalue weighted by atomic mass is 35.5. The predicted molar refractivity (Wildman–Crippen MR) is 73.6 cm³/mol. The van der Waals surface area contributed by atoms with Gasteiger partial charge in [0.2, 0.25) is 0 Å². The van der Waals surface area contributed by atoms with E-state index in [1.807, 2.05) is 18.2 Å². The monoisotopic (exact) mass is 272 g/mol. The van der Waals surface area contributed by atoms with Crippen molar-refractivity contribution in [3.05, 3.63) is 33.8 Å². The maximum Gasteiger partial charge on any atom is 0.0465 e. The quantitative estimate of drug-likeness (QED) is 0.915. The van der Waals surface area contributed by atoms with E-state index < -0.39 is 0 Å². The summed E-state index contributed by atoms with van der Waals surface area (Å²) in [5.41, 5.74) is 6.84. The summed E-state index contributed by atoms with van der Waals surface area (Å²) in [6, 6.07) is 6.13. The van der Waals surface area contributed by atoms with Gasteiger partial charge in [-0.25, -0.2) is 0 Å². The van der Waals surface area contributed by atoms with Gasteiger partial charge >= 0.3 is 0 Å². The third-order valence-electron chi connectivity index (χ3n) is 3.44. The molecule has 0 radical (unpaired) electrons. The van der Waals surface area contributed by atoms with Crippen LogP contribution in [0.15, 0.2) is 18.2 Å². The van der Waals surface area contributed by atoms with Gasteiger partial charge in [0.15, 0.2) is 0 Å². The molecule has 1 atom stereocenters. The molecule has 2 nitrogen and oxygen atoms in total. The molecule has 1 aromatic rings. The van der Waals surface area contributed by atoms with Gasteiger partial charge in [-0.15, -0.1) is 0 Å². The van der Waals surface area contributed by atoms with Gasteiger partial charge in [-0.05, 0) is 31.5 Å². The van der Waals surface area contributed by atoms with Crippen LogP contribution in [0.25, 0.3) is 0 Å². The molecule has 2 N–H and O–H groups in total. The van der Waals surface area contributed by atoms with Crippen LogP contribution in [0.2, 0.25) is 10.0 Å². The molecular formula is C13H18Cl2N2. The number of likely N-dealkylation sites (tertiary alicyclic amines) is 1. The van der Waals surface area contributed by atoms with Gasteiger partial charge in [0.1, 0.15) is 0 Å². The summed E-state index contributed by atoms with van der Waals surface area (Å²) in [5.74, 6) is 0. The normalized spacial score (nSPS) is 21.7. The SMILES string of the molecule is NC[C@H]1CCCCN1Cc1c(Cl)cccc1Cl.